The highest BCUT2D eigenvalue weighted by Gasteiger charge is 2.33. The number of para-hydroxylation sites is 1. The number of methoxy groups -OCH3 is 1. The van der Waals surface area contributed by atoms with Gasteiger partial charge in [-0.2, -0.15) is 0 Å². The smallest absolute Gasteiger partial charge is 0.337 e. The molecule has 192 valence electrons. The monoisotopic (exact) mass is 580 g/mol. The molecule has 10 heteroatoms. The molecule has 2 amide bonds. The van der Waals surface area contributed by atoms with E-state index in [1.165, 1.54) is 23.8 Å². The van der Waals surface area contributed by atoms with Gasteiger partial charge in [-0.15, -0.1) is 0 Å². The molecule has 1 saturated heterocycles. The molecule has 3 aromatic rings. The zero-order chi connectivity index (χ0) is 26.8. The molecule has 38 heavy (non-hydrogen) atoms. The molecule has 0 atom stereocenters. The lowest BCUT2D eigenvalue weighted by atomic mass is 10.1. The number of ether oxygens (including phenoxy) is 1. The van der Waals surface area contributed by atoms with Gasteiger partial charge in [0.25, 0.3) is 5.91 Å². The topological polar surface area (TPSA) is 66.9 Å². The van der Waals surface area contributed by atoms with Crippen LogP contribution >= 0.6 is 47.3 Å². The third kappa shape index (κ3) is 5.37. The van der Waals surface area contributed by atoms with Crippen molar-refractivity contribution in [3.63, 3.8) is 0 Å². The van der Waals surface area contributed by atoms with Crippen LogP contribution in [0.15, 0.2) is 81.4 Å². The minimum Gasteiger partial charge on any atom is -0.465 e. The van der Waals surface area contributed by atoms with Gasteiger partial charge in [0.2, 0.25) is 5.91 Å². The van der Waals surface area contributed by atoms with Gasteiger partial charge >= 0.3 is 5.97 Å². The first-order valence-corrected chi connectivity index (χ1v) is 14.1. The summed E-state index contributed by atoms with van der Waals surface area (Å²) >= 11 is 14.6. The van der Waals surface area contributed by atoms with Crippen LogP contribution in [0.2, 0.25) is 5.02 Å². The number of amides is 2. The largest absolute Gasteiger partial charge is 0.465 e. The van der Waals surface area contributed by atoms with Crippen molar-refractivity contribution in [2.75, 3.05) is 18.6 Å². The molecule has 0 spiro atoms. The lowest BCUT2D eigenvalue weighted by molar-refractivity contribution is -0.123. The van der Waals surface area contributed by atoms with E-state index in [1.54, 1.807) is 47.0 Å². The number of carbonyl (C=O) groups excluding carboxylic acids is 3. The predicted octanol–water partition coefficient (Wildman–Crippen LogP) is 6.94. The Morgan fingerprint density at radius 1 is 1.00 bits per heavy atom. The van der Waals surface area contributed by atoms with Crippen LogP contribution in [0, 0.1) is 0 Å². The first-order valence-electron chi connectivity index (χ1n) is 11.7. The summed E-state index contributed by atoms with van der Waals surface area (Å²) in [6.07, 6.45) is 2.43. The Morgan fingerprint density at radius 3 is 2.50 bits per heavy atom. The van der Waals surface area contributed by atoms with Crippen LogP contribution in [-0.2, 0) is 14.3 Å². The van der Waals surface area contributed by atoms with Crippen LogP contribution in [0.4, 0.5) is 11.4 Å². The Morgan fingerprint density at radius 2 is 1.74 bits per heavy atom. The lowest BCUT2D eigenvalue weighted by Gasteiger charge is -2.31. The number of anilines is 2. The van der Waals surface area contributed by atoms with E-state index >= 15 is 0 Å². The molecule has 0 aliphatic carbocycles. The predicted molar refractivity (Wildman–Crippen MR) is 156 cm³/mol. The Hall–Kier alpha value is -3.11. The number of benzene rings is 3. The molecular formula is C28H21ClN2O4S3. The molecule has 2 aliphatic heterocycles. The Labute approximate surface area is 239 Å². The van der Waals surface area contributed by atoms with E-state index in [1.807, 2.05) is 42.5 Å². The Balaban J connectivity index is 1.26. The maximum atomic E-state index is 13.5. The second-order valence-corrected chi connectivity index (χ2v) is 11.7. The third-order valence-electron chi connectivity index (χ3n) is 6.01. The molecule has 5 rings (SSSR count). The van der Waals surface area contributed by atoms with Crippen molar-refractivity contribution in [3.05, 3.63) is 87.8 Å². The summed E-state index contributed by atoms with van der Waals surface area (Å²) in [5, 5.41) is 0.561. The number of thiocarbonyl (C=S) groups is 1. The highest BCUT2D eigenvalue weighted by Crippen LogP contribution is 2.49. The molecule has 2 aliphatic rings. The van der Waals surface area contributed by atoms with Crippen molar-refractivity contribution in [1.82, 2.24) is 4.90 Å². The van der Waals surface area contributed by atoms with Gasteiger partial charge < -0.3 is 4.74 Å². The van der Waals surface area contributed by atoms with Crippen molar-refractivity contribution in [3.8, 4) is 0 Å². The van der Waals surface area contributed by atoms with Gasteiger partial charge in [0, 0.05) is 27.8 Å². The van der Waals surface area contributed by atoms with Gasteiger partial charge in [0.1, 0.15) is 4.32 Å². The number of fused-ring (bicyclic) bond motifs is 2. The first kappa shape index (κ1) is 26.5. The number of esters is 1. The van der Waals surface area contributed by atoms with Crippen LogP contribution in [-0.4, -0.2) is 40.7 Å². The van der Waals surface area contributed by atoms with Crippen LogP contribution in [0.25, 0.3) is 6.08 Å². The van der Waals surface area contributed by atoms with Crippen molar-refractivity contribution in [2.24, 2.45) is 0 Å². The van der Waals surface area contributed by atoms with E-state index in [-0.39, 0.29) is 18.2 Å². The molecule has 0 bridgehead atoms. The molecule has 1 fully saturated rings. The van der Waals surface area contributed by atoms with Crippen LogP contribution < -0.4 is 4.90 Å². The molecule has 0 radical (unpaired) electrons. The first-order chi connectivity index (χ1) is 18.4. The number of carbonyl (C=O) groups is 3. The van der Waals surface area contributed by atoms with Crippen LogP contribution in [0.5, 0.6) is 0 Å². The number of hydrogen-bond donors (Lipinski definition) is 0. The Kier molecular flexibility index (Phi) is 7.90. The SMILES string of the molecule is COC(=O)c1ccc(/C=C2\SC(=S)N(CCCC(=O)N3c4ccccc4Sc4ccc(Cl)cc43)C2=O)cc1. The van der Waals surface area contributed by atoms with Crippen molar-refractivity contribution >= 4 is 86.9 Å². The molecule has 0 unspecified atom stereocenters. The fourth-order valence-corrected chi connectivity index (χ4v) is 6.69. The minimum absolute atomic E-state index is 0.0760. The van der Waals surface area contributed by atoms with Crippen molar-refractivity contribution < 1.29 is 19.1 Å². The molecule has 0 aromatic heterocycles. The summed E-state index contributed by atoms with van der Waals surface area (Å²) in [5.74, 6) is -0.690. The summed E-state index contributed by atoms with van der Waals surface area (Å²) in [6, 6.07) is 20.1. The summed E-state index contributed by atoms with van der Waals surface area (Å²) in [7, 11) is 1.33. The zero-order valence-corrected chi connectivity index (χ0v) is 23.4. The summed E-state index contributed by atoms with van der Waals surface area (Å²) < 4.78 is 5.17. The molecular weight excluding hydrogens is 560 g/mol. The highest BCUT2D eigenvalue weighted by molar-refractivity contribution is 8.26. The fraction of sp³-hybridized carbons (Fsp3) is 0.143. The molecule has 0 N–H and O–H groups in total. The molecule has 0 saturated carbocycles. The van der Waals surface area contributed by atoms with E-state index in [2.05, 4.69) is 0 Å². The summed E-state index contributed by atoms with van der Waals surface area (Å²) in [6.45, 7) is 0.335. The summed E-state index contributed by atoms with van der Waals surface area (Å²) in [4.78, 5) is 43.9. The van der Waals surface area contributed by atoms with Gasteiger partial charge in [-0.3, -0.25) is 19.4 Å². The quantitative estimate of drug-likeness (QED) is 0.178. The number of rotatable bonds is 6. The number of nitrogens with zero attached hydrogens (tertiary/aromatic N) is 2. The molecule has 6 nitrogen and oxygen atoms in total. The molecule has 2 heterocycles. The maximum absolute atomic E-state index is 13.5. The average molecular weight is 581 g/mol. The van der Waals surface area contributed by atoms with Crippen LogP contribution in [0.3, 0.4) is 0 Å². The van der Waals surface area contributed by atoms with Gasteiger partial charge in [-0.05, 0) is 60.5 Å². The van der Waals surface area contributed by atoms with Gasteiger partial charge in [0.05, 0.1) is 29.0 Å². The van der Waals surface area contributed by atoms with Crippen molar-refractivity contribution in [2.45, 2.75) is 22.6 Å². The minimum atomic E-state index is -0.421. The van der Waals surface area contributed by atoms with E-state index in [0.29, 0.717) is 32.8 Å². The van der Waals surface area contributed by atoms with Crippen LogP contribution in [0.1, 0.15) is 28.8 Å². The van der Waals surface area contributed by atoms with Gasteiger partial charge in [-0.1, -0.05) is 71.6 Å². The second kappa shape index (κ2) is 11.3. The highest BCUT2D eigenvalue weighted by atomic mass is 35.5. The lowest BCUT2D eigenvalue weighted by Crippen LogP contribution is -2.32. The number of halogens is 1. The van der Waals surface area contributed by atoms with Gasteiger partial charge in [0.15, 0.2) is 0 Å². The maximum Gasteiger partial charge on any atom is 0.337 e. The van der Waals surface area contributed by atoms with Gasteiger partial charge in [-0.25, -0.2) is 4.79 Å². The number of thioether (sulfide) groups is 1. The second-order valence-electron chi connectivity index (χ2n) is 8.46. The van der Waals surface area contributed by atoms with E-state index < -0.39 is 5.97 Å². The molecule has 3 aromatic carbocycles. The summed E-state index contributed by atoms with van der Waals surface area (Å²) in [5.41, 5.74) is 2.79. The van der Waals surface area contributed by atoms with E-state index in [4.69, 9.17) is 28.6 Å². The van der Waals surface area contributed by atoms with E-state index in [0.717, 1.165) is 26.7 Å². The van der Waals surface area contributed by atoms with E-state index in [9.17, 15) is 14.4 Å². The van der Waals surface area contributed by atoms with Crippen molar-refractivity contribution in [1.29, 1.82) is 0 Å². The Bertz CT molecular complexity index is 1490. The fourth-order valence-electron chi connectivity index (χ4n) is 4.17. The normalized spacial score (nSPS) is 15.5. The zero-order valence-electron chi connectivity index (χ0n) is 20.2. The third-order valence-corrected chi connectivity index (χ3v) is 8.76. The standard InChI is InChI=1S/C28H21ClN2O4S3/c1-35-27(34)18-10-8-17(9-11-18)15-24-26(33)30(28(36)38-24)14-4-7-25(32)31-20-5-2-3-6-22(20)37-23-13-12-19(29)16-21(23)31/h2-3,5-6,8-13,15-16H,4,7,14H2,1H3/b24-15-. The average Bonchev–Trinajstić information content (AvgIpc) is 3.18. The number of hydrogen-bond acceptors (Lipinski definition) is 7.